The van der Waals surface area contributed by atoms with Gasteiger partial charge in [-0.25, -0.2) is 4.79 Å². The van der Waals surface area contributed by atoms with Crippen LogP contribution in [0.15, 0.2) is 43.0 Å². The Hall–Kier alpha value is -2.05. The summed E-state index contributed by atoms with van der Waals surface area (Å²) in [6, 6.07) is 10.1. The lowest BCUT2D eigenvalue weighted by atomic mass is 10.2. The van der Waals surface area contributed by atoms with Crippen molar-refractivity contribution >= 4 is 5.97 Å². The van der Waals surface area contributed by atoms with Crippen molar-refractivity contribution in [1.29, 1.82) is 0 Å². The van der Waals surface area contributed by atoms with Gasteiger partial charge < -0.3 is 61.6 Å². The number of ether oxygens (including phenoxy) is 13. The molecule has 0 atom stereocenters. The molecule has 0 saturated carbocycles. The summed E-state index contributed by atoms with van der Waals surface area (Å²) in [6.45, 7) is 15.4. The Bertz CT molecular complexity index is 801. The molecule has 0 unspecified atom stereocenters. The Morgan fingerprint density at radius 3 is 0.917 bits per heavy atom. The minimum atomic E-state index is -0.460. The van der Waals surface area contributed by atoms with Crippen LogP contribution in [0.2, 0.25) is 0 Å². The van der Waals surface area contributed by atoms with Crippen LogP contribution in [0.1, 0.15) is 5.56 Å². The van der Waals surface area contributed by atoms with Crippen LogP contribution in [0.25, 0.3) is 0 Å². The van der Waals surface area contributed by atoms with Gasteiger partial charge in [0, 0.05) is 6.08 Å². The molecular weight excluding hydrogens is 632 g/mol. The molecular formula is C34H58O14. The Kier molecular flexibility index (Phi) is 34.6. The van der Waals surface area contributed by atoms with Gasteiger partial charge in [0.25, 0.3) is 0 Å². The SMILES string of the molecule is C=CC(=O)OCCOCCOCCOCCOCCOCCOCCOCCOCCOCCOCCOCCOCc1ccccc1. The summed E-state index contributed by atoms with van der Waals surface area (Å²) >= 11 is 0. The molecule has 0 fully saturated rings. The summed E-state index contributed by atoms with van der Waals surface area (Å²) in [5.41, 5.74) is 1.16. The number of hydrogen-bond acceptors (Lipinski definition) is 14. The zero-order chi connectivity index (χ0) is 34.3. The van der Waals surface area contributed by atoms with Crippen LogP contribution < -0.4 is 0 Å². The van der Waals surface area contributed by atoms with Crippen molar-refractivity contribution in [3.63, 3.8) is 0 Å². The minimum absolute atomic E-state index is 0.197. The molecule has 278 valence electrons. The first-order valence-corrected chi connectivity index (χ1v) is 16.6. The van der Waals surface area contributed by atoms with E-state index in [0.717, 1.165) is 11.6 Å². The average Bonchev–Trinajstić information content (AvgIpc) is 3.11. The standard InChI is InChI=1S/C34H58O14/c1-2-34(35)48-31-30-46-27-26-44-23-22-42-19-18-40-15-14-38-11-10-36-8-9-37-12-13-39-16-17-41-20-21-43-24-25-45-28-29-47-32-33-6-4-3-5-7-33/h2-7H,1,8-32H2. The van der Waals surface area contributed by atoms with E-state index in [1.807, 2.05) is 30.3 Å². The summed E-state index contributed by atoms with van der Waals surface area (Å²) < 4.78 is 70.2. The first-order chi connectivity index (χ1) is 23.8. The van der Waals surface area contributed by atoms with Gasteiger partial charge in [0.15, 0.2) is 0 Å². The van der Waals surface area contributed by atoms with Crippen LogP contribution in [0, 0.1) is 0 Å². The van der Waals surface area contributed by atoms with E-state index in [4.69, 9.17) is 61.6 Å². The molecule has 0 spiro atoms. The molecule has 1 aromatic rings. The monoisotopic (exact) mass is 690 g/mol. The fraction of sp³-hybridized carbons (Fsp3) is 0.735. The average molecular weight is 691 g/mol. The molecule has 48 heavy (non-hydrogen) atoms. The quantitative estimate of drug-likeness (QED) is 0.0567. The van der Waals surface area contributed by atoms with Crippen LogP contribution in [0.3, 0.4) is 0 Å². The second-order valence-electron chi connectivity index (χ2n) is 9.65. The van der Waals surface area contributed by atoms with Gasteiger partial charge in [-0.05, 0) is 5.56 Å². The van der Waals surface area contributed by atoms with Crippen LogP contribution in [0.5, 0.6) is 0 Å². The Labute approximate surface area is 286 Å². The van der Waals surface area contributed by atoms with E-state index >= 15 is 0 Å². The molecule has 0 aliphatic carbocycles. The molecule has 0 bridgehead atoms. The molecule has 0 aliphatic heterocycles. The summed E-state index contributed by atoms with van der Waals surface area (Å²) in [4.78, 5) is 10.8. The van der Waals surface area contributed by atoms with Crippen LogP contribution >= 0.6 is 0 Å². The highest BCUT2D eigenvalue weighted by atomic mass is 16.6. The number of carbonyl (C=O) groups excluding carboxylic acids is 1. The Morgan fingerprint density at radius 2 is 0.646 bits per heavy atom. The topological polar surface area (TPSA) is 137 Å². The van der Waals surface area contributed by atoms with Gasteiger partial charge >= 0.3 is 5.97 Å². The number of carbonyl (C=O) groups is 1. The van der Waals surface area contributed by atoms with Crippen LogP contribution in [-0.4, -0.2) is 165 Å². The molecule has 14 nitrogen and oxygen atoms in total. The Balaban J connectivity index is 1.61. The van der Waals surface area contributed by atoms with Crippen molar-refractivity contribution in [3.8, 4) is 0 Å². The zero-order valence-corrected chi connectivity index (χ0v) is 28.6. The van der Waals surface area contributed by atoms with E-state index in [1.165, 1.54) is 0 Å². The highest BCUT2D eigenvalue weighted by Crippen LogP contribution is 2.00. The Morgan fingerprint density at radius 1 is 0.396 bits per heavy atom. The molecule has 14 heteroatoms. The van der Waals surface area contributed by atoms with Gasteiger partial charge in [-0.15, -0.1) is 0 Å². The second-order valence-corrected chi connectivity index (χ2v) is 9.65. The smallest absolute Gasteiger partial charge is 0.330 e. The van der Waals surface area contributed by atoms with E-state index in [-0.39, 0.29) is 6.61 Å². The van der Waals surface area contributed by atoms with Gasteiger partial charge in [0.1, 0.15) is 6.61 Å². The maximum atomic E-state index is 10.8. The lowest BCUT2D eigenvalue weighted by molar-refractivity contribution is -0.139. The van der Waals surface area contributed by atoms with E-state index in [0.29, 0.717) is 159 Å². The predicted octanol–water partition coefficient (Wildman–Crippen LogP) is 2.12. The van der Waals surface area contributed by atoms with Crippen molar-refractivity contribution in [3.05, 3.63) is 48.6 Å². The summed E-state index contributed by atoms with van der Waals surface area (Å²) in [5, 5.41) is 0. The normalized spacial score (nSPS) is 11.2. The van der Waals surface area contributed by atoms with Gasteiger partial charge in [0.2, 0.25) is 0 Å². The molecule has 0 saturated heterocycles. The predicted molar refractivity (Wildman–Crippen MR) is 176 cm³/mol. The van der Waals surface area contributed by atoms with Gasteiger partial charge in [-0.2, -0.15) is 0 Å². The van der Waals surface area contributed by atoms with E-state index in [1.54, 1.807) is 0 Å². The van der Waals surface area contributed by atoms with Gasteiger partial charge in [-0.1, -0.05) is 36.9 Å². The number of hydrogen-bond donors (Lipinski definition) is 0. The van der Waals surface area contributed by atoms with Gasteiger partial charge in [0.05, 0.1) is 159 Å². The molecule has 0 amide bonds. The highest BCUT2D eigenvalue weighted by Gasteiger charge is 1.98. The van der Waals surface area contributed by atoms with Gasteiger partial charge in [-0.3, -0.25) is 0 Å². The van der Waals surface area contributed by atoms with Crippen molar-refractivity contribution in [2.45, 2.75) is 6.61 Å². The highest BCUT2D eigenvalue weighted by molar-refractivity contribution is 5.81. The van der Waals surface area contributed by atoms with Crippen molar-refractivity contribution in [2.24, 2.45) is 0 Å². The maximum Gasteiger partial charge on any atom is 0.330 e. The number of benzene rings is 1. The summed E-state index contributed by atoms with van der Waals surface area (Å²) in [5.74, 6) is -0.460. The zero-order valence-electron chi connectivity index (χ0n) is 28.6. The number of rotatable bonds is 39. The molecule has 0 aromatic heterocycles. The summed E-state index contributed by atoms with van der Waals surface area (Å²) in [7, 11) is 0. The first-order valence-electron chi connectivity index (χ1n) is 16.6. The fourth-order valence-corrected chi connectivity index (χ4v) is 3.44. The van der Waals surface area contributed by atoms with Crippen LogP contribution in [-0.2, 0) is 73.0 Å². The molecule has 1 rings (SSSR count). The molecule has 0 N–H and O–H groups in total. The molecule has 0 heterocycles. The lowest BCUT2D eigenvalue weighted by Gasteiger charge is -2.09. The fourth-order valence-electron chi connectivity index (χ4n) is 3.44. The van der Waals surface area contributed by atoms with E-state index in [9.17, 15) is 4.79 Å². The number of esters is 1. The lowest BCUT2D eigenvalue weighted by Crippen LogP contribution is -2.15. The largest absolute Gasteiger partial charge is 0.460 e. The van der Waals surface area contributed by atoms with E-state index < -0.39 is 5.97 Å². The minimum Gasteiger partial charge on any atom is -0.460 e. The van der Waals surface area contributed by atoms with Crippen molar-refractivity contribution < 1.29 is 66.4 Å². The van der Waals surface area contributed by atoms with E-state index in [2.05, 4.69) is 6.58 Å². The summed E-state index contributed by atoms with van der Waals surface area (Å²) in [6.07, 6.45) is 1.11. The van der Waals surface area contributed by atoms with Crippen molar-refractivity contribution in [2.75, 3.05) is 159 Å². The third kappa shape index (κ3) is 33.8. The second kappa shape index (κ2) is 37.8. The first kappa shape index (κ1) is 44.0. The van der Waals surface area contributed by atoms with Crippen LogP contribution in [0.4, 0.5) is 0 Å². The maximum absolute atomic E-state index is 10.8. The molecule has 0 radical (unpaired) electrons. The van der Waals surface area contributed by atoms with Crippen molar-refractivity contribution in [1.82, 2.24) is 0 Å². The third-order valence-electron chi connectivity index (χ3n) is 5.84. The molecule has 1 aromatic carbocycles. The third-order valence-corrected chi connectivity index (χ3v) is 5.84. The molecule has 0 aliphatic rings.